The van der Waals surface area contributed by atoms with Gasteiger partial charge in [0.2, 0.25) is 5.95 Å². The monoisotopic (exact) mass is 369 g/mol. The Labute approximate surface area is 157 Å². The minimum atomic E-state index is -0.102. The summed E-state index contributed by atoms with van der Waals surface area (Å²) in [6.07, 6.45) is 3.60. The SMILES string of the molecule is Cc1cc(C(=O)N2CCCC2)nc(N2CCN(C(=O)c3ccco3)CC2)n1. The third kappa shape index (κ3) is 3.65. The summed E-state index contributed by atoms with van der Waals surface area (Å²) in [7, 11) is 0. The zero-order chi connectivity index (χ0) is 18.8. The number of nitrogens with zero attached hydrogens (tertiary/aromatic N) is 5. The summed E-state index contributed by atoms with van der Waals surface area (Å²) in [4.78, 5) is 39.7. The Morgan fingerprint density at radius 1 is 0.963 bits per heavy atom. The van der Waals surface area contributed by atoms with Crippen molar-refractivity contribution >= 4 is 17.8 Å². The van der Waals surface area contributed by atoms with Gasteiger partial charge in [0.1, 0.15) is 5.69 Å². The molecule has 2 aromatic rings. The fourth-order valence-corrected chi connectivity index (χ4v) is 3.55. The predicted molar refractivity (Wildman–Crippen MR) is 98.7 cm³/mol. The van der Waals surface area contributed by atoms with E-state index >= 15 is 0 Å². The Bertz CT molecular complexity index is 822. The quantitative estimate of drug-likeness (QED) is 0.817. The van der Waals surface area contributed by atoms with Gasteiger partial charge in [-0.05, 0) is 38.0 Å². The van der Waals surface area contributed by atoms with Crippen LogP contribution in [0.3, 0.4) is 0 Å². The Hall–Kier alpha value is -2.90. The van der Waals surface area contributed by atoms with E-state index in [0.29, 0.717) is 43.6 Å². The molecule has 0 aliphatic carbocycles. The highest BCUT2D eigenvalue weighted by atomic mass is 16.3. The number of carbonyl (C=O) groups excluding carboxylic acids is 2. The lowest BCUT2D eigenvalue weighted by atomic mass is 10.2. The van der Waals surface area contributed by atoms with E-state index in [-0.39, 0.29) is 11.8 Å². The molecule has 2 aliphatic rings. The van der Waals surface area contributed by atoms with Crippen molar-refractivity contribution in [3.05, 3.63) is 41.6 Å². The van der Waals surface area contributed by atoms with E-state index in [1.807, 2.05) is 16.7 Å². The second-order valence-corrected chi connectivity index (χ2v) is 6.95. The molecule has 27 heavy (non-hydrogen) atoms. The zero-order valence-electron chi connectivity index (χ0n) is 15.4. The van der Waals surface area contributed by atoms with Crippen LogP contribution in [-0.4, -0.2) is 70.9 Å². The van der Waals surface area contributed by atoms with E-state index < -0.39 is 0 Å². The van der Waals surface area contributed by atoms with Crippen molar-refractivity contribution < 1.29 is 14.0 Å². The molecule has 2 aliphatic heterocycles. The molecule has 0 spiro atoms. The summed E-state index contributed by atoms with van der Waals surface area (Å²) >= 11 is 0. The lowest BCUT2D eigenvalue weighted by molar-refractivity contribution is 0.0714. The summed E-state index contributed by atoms with van der Waals surface area (Å²) in [5.74, 6) is 0.789. The van der Waals surface area contributed by atoms with E-state index in [1.165, 1.54) is 6.26 Å². The highest BCUT2D eigenvalue weighted by molar-refractivity contribution is 5.93. The number of likely N-dealkylation sites (tertiary alicyclic amines) is 1. The Kier molecular flexibility index (Phi) is 4.79. The average molecular weight is 369 g/mol. The number of hydrogen-bond acceptors (Lipinski definition) is 6. The third-order valence-corrected chi connectivity index (χ3v) is 5.04. The smallest absolute Gasteiger partial charge is 0.289 e. The average Bonchev–Trinajstić information content (AvgIpc) is 3.40. The molecule has 4 heterocycles. The van der Waals surface area contributed by atoms with Gasteiger partial charge in [-0.15, -0.1) is 0 Å². The molecule has 0 bridgehead atoms. The largest absolute Gasteiger partial charge is 0.459 e. The van der Waals surface area contributed by atoms with Gasteiger partial charge in [-0.3, -0.25) is 9.59 Å². The Morgan fingerprint density at radius 2 is 1.67 bits per heavy atom. The van der Waals surface area contributed by atoms with Crippen LogP contribution >= 0.6 is 0 Å². The fraction of sp³-hybridized carbons (Fsp3) is 0.474. The molecular weight excluding hydrogens is 346 g/mol. The van der Waals surface area contributed by atoms with Gasteiger partial charge in [-0.2, -0.15) is 0 Å². The minimum absolute atomic E-state index is 0.0223. The maximum Gasteiger partial charge on any atom is 0.289 e. The number of rotatable bonds is 3. The lowest BCUT2D eigenvalue weighted by Crippen LogP contribution is -2.49. The molecule has 0 N–H and O–H groups in total. The van der Waals surface area contributed by atoms with Crippen LogP contribution in [0.4, 0.5) is 5.95 Å². The van der Waals surface area contributed by atoms with Gasteiger partial charge in [0, 0.05) is 45.0 Å². The molecule has 0 atom stereocenters. The molecule has 2 fully saturated rings. The van der Waals surface area contributed by atoms with E-state index in [1.54, 1.807) is 23.1 Å². The number of amides is 2. The second-order valence-electron chi connectivity index (χ2n) is 6.95. The molecule has 8 nitrogen and oxygen atoms in total. The first-order chi connectivity index (χ1) is 13.1. The van der Waals surface area contributed by atoms with Crippen LogP contribution in [0, 0.1) is 6.92 Å². The molecule has 0 saturated carbocycles. The molecule has 2 amide bonds. The fourth-order valence-electron chi connectivity index (χ4n) is 3.55. The number of hydrogen-bond donors (Lipinski definition) is 0. The first kappa shape index (κ1) is 17.5. The van der Waals surface area contributed by atoms with Crippen molar-refractivity contribution in [2.24, 2.45) is 0 Å². The van der Waals surface area contributed by atoms with Gasteiger partial charge >= 0.3 is 0 Å². The third-order valence-electron chi connectivity index (χ3n) is 5.04. The van der Waals surface area contributed by atoms with Crippen LogP contribution in [-0.2, 0) is 0 Å². The van der Waals surface area contributed by atoms with Crippen LogP contribution in [0.2, 0.25) is 0 Å². The van der Waals surface area contributed by atoms with Crippen molar-refractivity contribution in [3.8, 4) is 0 Å². The van der Waals surface area contributed by atoms with Crippen molar-refractivity contribution in [1.82, 2.24) is 19.8 Å². The number of furan rings is 1. The van der Waals surface area contributed by atoms with Crippen molar-refractivity contribution in [2.75, 3.05) is 44.2 Å². The normalized spacial score (nSPS) is 17.4. The van der Waals surface area contributed by atoms with E-state index in [9.17, 15) is 9.59 Å². The van der Waals surface area contributed by atoms with Crippen LogP contribution < -0.4 is 4.90 Å². The molecule has 2 saturated heterocycles. The molecule has 2 aromatic heterocycles. The minimum Gasteiger partial charge on any atom is -0.459 e. The Morgan fingerprint density at radius 3 is 2.33 bits per heavy atom. The van der Waals surface area contributed by atoms with Crippen LogP contribution in [0.1, 0.15) is 39.6 Å². The summed E-state index contributed by atoms with van der Waals surface area (Å²) in [5, 5.41) is 0. The van der Waals surface area contributed by atoms with E-state index in [4.69, 9.17) is 4.42 Å². The first-order valence-electron chi connectivity index (χ1n) is 9.34. The highest BCUT2D eigenvalue weighted by Gasteiger charge is 2.26. The highest BCUT2D eigenvalue weighted by Crippen LogP contribution is 2.17. The van der Waals surface area contributed by atoms with Gasteiger partial charge in [-0.25, -0.2) is 9.97 Å². The van der Waals surface area contributed by atoms with E-state index in [2.05, 4.69) is 9.97 Å². The lowest BCUT2D eigenvalue weighted by Gasteiger charge is -2.34. The molecule has 0 aromatic carbocycles. The van der Waals surface area contributed by atoms with Crippen LogP contribution in [0.5, 0.6) is 0 Å². The van der Waals surface area contributed by atoms with Gasteiger partial charge in [-0.1, -0.05) is 0 Å². The maximum atomic E-state index is 12.7. The number of aryl methyl sites for hydroxylation is 1. The topological polar surface area (TPSA) is 82.8 Å². The summed E-state index contributed by atoms with van der Waals surface area (Å²) in [6, 6.07) is 5.14. The molecule has 4 rings (SSSR count). The number of anilines is 1. The van der Waals surface area contributed by atoms with Crippen LogP contribution in [0.25, 0.3) is 0 Å². The van der Waals surface area contributed by atoms with Gasteiger partial charge < -0.3 is 19.1 Å². The molecule has 142 valence electrons. The second kappa shape index (κ2) is 7.38. The summed E-state index contributed by atoms with van der Waals surface area (Å²) in [5.41, 5.74) is 1.23. The van der Waals surface area contributed by atoms with Crippen molar-refractivity contribution in [2.45, 2.75) is 19.8 Å². The van der Waals surface area contributed by atoms with Gasteiger partial charge in [0.25, 0.3) is 11.8 Å². The van der Waals surface area contributed by atoms with Gasteiger partial charge in [0.05, 0.1) is 6.26 Å². The summed E-state index contributed by atoms with van der Waals surface area (Å²) < 4.78 is 5.19. The Balaban J connectivity index is 1.45. The number of aromatic nitrogens is 2. The predicted octanol–water partition coefficient (Wildman–Crippen LogP) is 1.58. The van der Waals surface area contributed by atoms with Gasteiger partial charge in [0.15, 0.2) is 5.76 Å². The summed E-state index contributed by atoms with van der Waals surface area (Å²) in [6.45, 7) is 5.83. The first-order valence-corrected chi connectivity index (χ1v) is 9.34. The molecule has 8 heteroatoms. The molecule has 0 unspecified atom stereocenters. The number of piperazine rings is 1. The van der Waals surface area contributed by atoms with E-state index in [0.717, 1.165) is 31.6 Å². The zero-order valence-corrected chi connectivity index (χ0v) is 15.4. The van der Waals surface area contributed by atoms with Crippen molar-refractivity contribution in [1.29, 1.82) is 0 Å². The molecular formula is C19H23N5O3. The molecule has 0 radical (unpaired) electrons. The maximum absolute atomic E-state index is 12.7. The standard InChI is InChI=1S/C19H23N5O3/c1-14-13-15(17(25)22-6-2-3-7-22)21-19(20-14)24-10-8-23(9-11-24)18(26)16-5-4-12-27-16/h4-5,12-13H,2-3,6-11H2,1H3. The van der Waals surface area contributed by atoms with Crippen LogP contribution in [0.15, 0.2) is 28.9 Å². The number of carbonyl (C=O) groups is 2. The van der Waals surface area contributed by atoms with Crippen molar-refractivity contribution in [3.63, 3.8) is 0 Å².